The first-order valence-electron chi connectivity index (χ1n) is 10.3. The standard InChI is InChI=1S/C21H26N4O3/c26-12-20(27)19-5-4-14(9-23-19)25-11-18-13(2-1-3-17(18)21(25)28)10-24-15-6-16(24)8-22-7-15/h1-3,12,14-16,19,22-23H,4-11H2. The molecule has 0 aliphatic carbocycles. The Morgan fingerprint density at radius 1 is 1.14 bits per heavy atom. The van der Waals surface area contributed by atoms with Crippen LogP contribution in [0, 0.1) is 0 Å². The minimum absolute atomic E-state index is 0.0658. The predicted octanol–water partition coefficient (Wildman–Crippen LogP) is 0.0771. The van der Waals surface area contributed by atoms with Crippen molar-refractivity contribution in [2.75, 3.05) is 19.6 Å². The van der Waals surface area contributed by atoms with Crippen LogP contribution in [0.1, 0.15) is 40.7 Å². The molecule has 0 aromatic heterocycles. The number of Topliss-reactive ketones (excluding diaryl/α,β-unsaturated/α-hetero) is 1. The van der Waals surface area contributed by atoms with E-state index in [9.17, 15) is 14.4 Å². The van der Waals surface area contributed by atoms with Gasteiger partial charge in [0.15, 0.2) is 6.29 Å². The summed E-state index contributed by atoms with van der Waals surface area (Å²) in [5.41, 5.74) is 3.26. The molecule has 2 bridgehead atoms. The summed E-state index contributed by atoms with van der Waals surface area (Å²) < 4.78 is 0. The summed E-state index contributed by atoms with van der Waals surface area (Å²) in [4.78, 5) is 39.8. The van der Waals surface area contributed by atoms with Crippen molar-refractivity contribution in [3.8, 4) is 0 Å². The maximum Gasteiger partial charge on any atom is 0.254 e. The van der Waals surface area contributed by atoms with Gasteiger partial charge in [0, 0.05) is 56.4 Å². The van der Waals surface area contributed by atoms with E-state index in [1.807, 2.05) is 17.0 Å². The first kappa shape index (κ1) is 18.0. The molecule has 4 unspecified atom stereocenters. The average Bonchev–Trinajstić information content (AvgIpc) is 3.09. The molecular weight excluding hydrogens is 356 g/mol. The van der Waals surface area contributed by atoms with Gasteiger partial charge in [-0.15, -0.1) is 0 Å². The summed E-state index contributed by atoms with van der Waals surface area (Å²) in [6.45, 7) is 4.24. The lowest BCUT2D eigenvalue weighted by Gasteiger charge is -2.53. The number of carbonyl (C=O) groups excluding carboxylic acids is 3. The van der Waals surface area contributed by atoms with Crippen LogP contribution < -0.4 is 10.6 Å². The average molecular weight is 382 g/mol. The zero-order chi connectivity index (χ0) is 19.3. The van der Waals surface area contributed by atoms with E-state index in [1.54, 1.807) is 0 Å². The lowest BCUT2D eigenvalue weighted by molar-refractivity contribution is -0.131. The van der Waals surface area contributed by atoms with E-state index < -0.39 is 11.8 Å². The second kappa shape index (κ2) is 7.06. The highest BCUT2D eigenvalue weighted by atomic mass is 16.2. The number of nitrogens with one attached hydrogen (secondary N) is 2. The van der Waals surface area contributed by atoms with E-state index in [0.29, 0.717) is 37.9 Å². The number of piperazine rings is 1. The number of benzene rings is 1. The third-order valence-electron chi connectivity index (χ3n) is 6.98. The van der Waals surface area contributed by atoms with Gasteiger partial charge in [0.1, 0.15) is 0 Å². The fourth-order valence-corrected chi connectivity index (χ4v) is 5.31. The summed E-state index contributed by atoms with van der Waals surface area (Å²) in [6.07, 6.45) is 3.01. The molecule has 1 aromatic rings. The molecule has 4 aliphatic heterocycles. The molecule has 28 heavy (non-hydrogen) atoms. The molecular formula is C21H26N4O3. The van der Waals surface area contributed by atoms with Gasteiger partial charge in [-0.25, -0.2) is 0 Å². The first-order chi connectivity index (χ1) is 13.7. The smallest absolute Gasteiger partial charge is 0.254 e. The van der Waals surface area contributed by atoms with Crippen LogP contribution in [0.5, 0.6) is 0 Å². The van der Waals surface area contributed by atoms with Crippen LogP contribution in [0.15, 0.2) is 18.2 Å². The summed E-state index contributed by atoms with van der Waals surface area (Å²) in [5.74, 6) is -0.305. The molecule has 7 nitrogen and oxygen atoms in total. The fraction of sp³-hybridized carbons (Fsp3) is 0.571. The van der Waals surface area contributed by atoms with Gasteiger partial charge in [-0.3, -0.25) is 19.3 Å². The number of ketones is 1. The molecule has 0 spiro atoms. The van der Waals surface area contributed by atoms with Crippen LogP contribution in [0.25, 0.3) is 0 Å². The van der Waals surface area contributed by atoms with E-state index in [2.05, 4.69) is 21.6 Å². The molecule has 4 heterocycles. The van der Waals surface area contributed by atoms with Gasteiger partial charge in [-0.05, 0) is 36.5 Å². The van der Waals surface area contributed by atoms with Crippen LogP contribution in [0.3, 0.4) is 0 Å². The van der Waals surface area contributed by atoms with Crippen LogP contribution >= 0.6 is 0 Å². The Kier molecular flexibility index (Phi) is 4.53. The van der Waals surface area contributed by atoms with E-state index in [1.165, 1.54) is 12.0 Å². The molecule has 0 saturated carbocycles. The Morgan fingerprint density at radius 2 is 1.96 bits per heavy atom. The Morgan fingerprint density at radius 3 is 2.64 bits per heavy atom. The lowest BCUT2D eigenvalue weighted by atomic mass is 9.87. The number of hydrogen-bond acceptors (Lipinski definition) is 6. The van der Waals surface area contributed by atoms with E-state index in [-0.39, 0.29) is 11.9 Å². The SMILES string of the molecule is O=CC(=O)C1CCC(N2Cc3c(CN4C5CNCC4C5)cccc3C2=O)CN1. The maximum absolute atomic E-state index is 13.0. The number of piperidine rings is 2. The third kappa shape index (κ3) is 2.89. The van der Waals surface area contributed by atoms with Gasteiger partial charge in [0.05, 0.1) is 6.04 Å². The van der Waals surface area contributed by atoms with Crippen LogP contribution in [-0.2, 0) is 22.7 Å². The second-order valence-corrected chi connectivity index (χ2v) is 8.46. The number of rotatable bonds is 5. The molecule has 7 heteroatoms. The van der Waals surface area contributed by atoms with Gasteiger partial charge in [0.2, 0.25) is 5.78 Å². The van der Waals surface area contributed by atoms with Crippen molar-refractivity contribution in [1.29, 1.82) is 0 Å². The quantitative estimate of drug-likeness (QED) is 0.554. The zero-order valence-corrected chi connectivity index (χ0v) is 15.9. The van der Waals surface area contributed by atoms with Crippen LogP contribution in [0.2, 0.25) is 0 Å². The highest BCUT2D eigenvalue weighted by Gasteiger charge is 2.42. The van der Waals surface area contributed by atoms with Gasteiger partial charge >= 0.3 is 0 Å². The lowest BCUT2D eigenvalue weighted by Crippen LogP contribution is -2.67. The van der Waals surface area contributed by atoms with E-state index in [0.717, 1.165) is 37.2 Å². The number of nitrogens with zero attached hydrogens (tertiary/aromatic N) is 2. The largest absolute Gasteiger partial charge is 0.330 e. The fourth-order valence-electron chi connectivity index (χ4n) is 5.31. The van der Waals surface area contributed by atoms with Crippen molar-refractivity contribution in [3.63, 3.8) is 0 Å². The number of fused-ring (bicyclic) bond motifs is 3. The number of carbonyl (C=O) groups is 3. The van der Waals surface area contributed by atoms with Crippen LogP contribution in [0.4, 0.5) is 0 Å². The highest BCUT2D eigenvalue weighted by Crippen LogP contribution is 2.34. The van der Waals surface area contributed by atoms with Gasteiger partial charge in [0.25, 0.3) is 5.91 Å². The van der Waals surface area contributed by atoms with Gasteiger partial charge < -0.3 is 15.5 Å². The Bertz CT molecular complexity index is 804. The van der Waals surface area contributed by atoms with Crippen molar-refractivity contribution in [3.05, 3.63) is 34.9 Å². The second-order valence-electron chi connectivity index (χ2n) is 8.46. The molecule has 2 N–H and O–H groups in total. The molecule has 3 saturated heterocycles. The normalized spacial score (nSPS) is 32.0. The Labute approximate surface area is 164 Å². The molecule has 5 rings (SSSR count). The monoisotopic (exact) mass is 382 g/mol. The van der Waals surface area contributed by atoms with Crippen LogP contribution in [-0.4, -0.2) is 71.6 Å². The minimum Gasteiger partial charge on any atom is -0.330 e. The van der Waals surface area contributed by atoms with Crippen molar-refractivity contribution in [1.82, 2.24) is 20.4 Å². The third-order valence-corrected chi connectivity index (χ3v) is 6.98. The Balaban J connectivity index is 1.29. The summed E-state index contributed by atoms with van der Waals surface area (Å²) >= 11 is 0. The van der Waals surface area contributed by atoms with Crippen molar-refractivity contribution >= 4 is 18.0 Å². The van der Waals surface area contributed by atoms with Gasteiger partial charge in [-0.2, -0.15) is 0 Å². The molecule has 4 atom stereocenters. The predicted molar refractivity (Wildman–Crippen MR) is 103 cm³/mol. The molecule has 4 aliphatic rings. The summed E-state index contributed by atoms with van der Waals surface area (Å²) in [7, 11) is 0. The molecule has 3 fully saturated rings. The topological polar surface area (TPSA) is 81.8 Å². The molecule has 1 aromatic carbocycles. The summed E-state index contributed by atoms with van der Waals surface area (Å²) in [5, 5.41) is 6.61. The van der Waals surface area contributed by atoms with Crippen molar-refractivity contribution < 1.29 is 14.4 Å². The van der Waals surface area contributed by atoms with E-state index in [4.69, 9.17) is 0 Å². The Hall–Kier alpha value is -2.09. The van der Waals surface area contributed by atoms with Crippen molar-refractivity contribution in [2.45, 2.75) is 56.5 Å². The van der Waals surface area contributed by atoms with Crippen molar-refractivity contribution in [2.24, 2.45) is 0 Å². The zero-order valence-electron chi connectivity index (χ0n) is 15.9. The number of amides is 1. The number of aldehydes is 1. The molecule has 1 amide bonds. The number of hydrogen-bond donors (Lipinski definition) is 2. The minimum atomic E-state index is -0.399. The van der Waals surface area contributed by atoms with E-state index >= 15 is 0 Å². The first-order valence-corrected chi connectivity index (χ1v) is 10.3. The van der Waals surface area contributed by atoms with Gasteiger partial charge in [-0.1, -0.05) is 12.1 Å². The highest BCUT2D eigenvalue weighted by molar-refractivity contribution is 6.27. The maximum atomic E-state index is 13.0. The molecule has 0 radical (unpaired) electrons. The molecule has 148 valence electrons. The summed E-state index contributed by atoms with van der Waals surface area (Å²) in [6, 6.07) is 7.01.